The molecular formula is C29H30ClN7O2. The lowest BCUT2D eigenvalue weighted by Gasteiger charge is -2.33. The molecule has 1 saturated heterocycles. The highest BCUT2D eigenvalue weighted by atomic mass is 35.5. The van der Waals surface area contributed by atoms with Crippen LogP contribution in [0.15, 0.2) is 73.3 Å². The van der Waals surface area contributed by atoms with Crippen molar-refractivity contribution in [2.24, 2.45) is 5.92 Å². The number of anilines is 2. The molecule has 0 unspecified atom stereocenters. The summed E-state index contributed by atoms with van der Waals surface area (Å²) in [4.78, 5) is 36.8. The summed E-state index contributed by atoms with van der Waals surface area (Å²) >= 11 is 6.24. The van der Waals surface area contributed by atoms with Crippen molar-refractivity contribution in [2.45, 2.75) is 26.2 Å². The summed E-state index contributed by atoms with van der Waals surface area (Å²) in [6.07, 6.45) is 9.96. The number of carbonyl (C=O) groups excluding carboxylic acids is 2. The van der Waals surface area contributed by atoms with E-state index in [1.165, 1.54) is 5.69 Å². The predicted molar refractivity (Wildman–Crippen MR) is 152 cm³/mol. The molecule has 1 aliphatic rings. The molecule has 39 heavy (non-hydrogen) atoms. The number of halogens is 1. The third kappa shape index (κ3) is 6.09. The maximum Gasteiger partial charge on any atom is 0.272 e. The first-order valence-electron chi connectivity index (χ1n) is 13.0. The molecule has 9 nitrogen and oxygen atoms in total. The number of carbonyl (C=O) groups is 2. The van der Waals surface area contributed by atoms with Gasteiger partial charge in [0.05, 0.1) is 16.3 Å². The van der Waals surface area contributed by atoms with Gasteiger partial charge in [0.25, 0.3) is 11.8 Å². The van der Waals surface area contributed by atoms with Crippen LogP contribution in [0.4, 0.5) is 11.5 Å². The quantitative estimate of drug-likeness (QED) is 0.327. The zero-order valence-electron chi connectivity index (χ0n) is 21.7. The predicted octanol–water partition coefficient (Wildman–Crippen LogP) is 4.91. The monoisotopic (exact) mass is 543 g/mol. The van der Waals surface area contributed by atoms with Crippen LogP contribution in [0.3, 0.4) is 0 Å². The summed E-state index contributed by atoms with van der Waals surface area (Å²) in [6, 6.07) is 14.4. The summed E-state index contributed by atoms with van der Waals surface area (Å²) in [7, 11) is 0. The summed E-state index contributed by atoms with van der Waals surface area (Å²) < 4.78 is 1.55. The number of hydrogen-bond donors (Lipinski definition) is 2. The second-order valence-electron chi connectivity index (χ2n) is 9.55. The van der Waals surface area contributed by atoms with Gasteiger partial charge in [-0.15, -0.1) is 0 Å². The van der Waals surface area contributed by atoms with Crippen molar-refractivity contribution in [2.75, 3.05) is 29.9 Å². The largest absolute Gasteiger partial charge is 0.371 e. The number of aromatic nitrogens is 4. The molecule has 5 rings (SSSR count). The van der Waals surface area contributed by atoms with E-state index in [1.54, 1.807) is 60.4 Å². The number of amides is 2. The average Bonchev–Trinajstić information content (AvgIpc) is 3.30. The van der Waals surface area contributed by atoms with E-state index in [1.807, 2.05) is 24.5 Å². The van der Waals surface area contributed by atoms with Gasteiger partial charge in [-0.2, -0.15) is 5.10 Å². The van der Waals surface area contributed by atoms with Gasteiger partial charge in [0, 0.05) is 55.7 Å². The molecule has 0 bridgehead atoms. The number of benzene rings is 1. The molecule has 2 N–H and O–H groups in total. The number of nitrogens with zero attached hydrogens (tertiary/aromatic N) is 5. The van der Waals surface area contributed by atoms with Crippen molar-refractivity contribution in [3.63, 3.8) is 0 Å². The van der Waals surface area contributed by atoms with Gasteiger partial charge < -0.3 is 15.5 Å². The van der Waals surface area contributed by atoms with Gasteiger partial charge in [-0.3, -0.25) is 19.6 Å². The molecule has 1 aromatic carbocycles. The van der Waals surface area contributed by atoms with Crippen molar-refractivity contribution < 1.29 is 9.59 Å². The summed E-state index contributed by atoms with van der Waals surface area (Å²) in [5.74, 6) is 0.288. The van der Waals surface area contributed by atoms with E-state index in [0.717, 1.165) is 32.4 Å². The Balaban J connectivity index is 1.25. The summed E-state index contributed by atoms with van der Waals surface area (Å²) in [6.45, 7) is 4.32. The minimum atomic E-state index is -0.385. The first-order valence-corrected chi connectivity index (χ1v) is 13.4. The van der Waals surface area contributed by atoms with Gasteiger partial charge in [0.1, 0.15) is 5.82 Å². The molecule has 0 atom stereocenters. The Bertz CT molecular complexity index is 1430. The molecule has 0 radical (unpaired) electrons. The van der Waals surface area contributed by atoms with E-state index in [0.29, 0.717) is 40.1 Å². The number of nitrogens with one attached hydrogen (secondary N) is 2. The molecule has 3 aromatic heterocycles. The first kappa shape index (κ1) is 26.4. The molecule has 4 heterocycles. The highest BCUT2D eigenvalue weighted by molar-refractivity contribution is 6.34. The van der Waals surface area contributed by atoms with E-state index < -0.39 is 0 Å². The second kappa shape index (κ2) is 12.1. The normalized spacial score (nSPS) is 13.7. The van der Waals surface area contributed by atoms with E-state index in [2.05, 4.69) is 30.6 Å². The van der Waals surface area contributed by atoms with E-state index in [4.69, 9.17) is 11.6 Å². The second-order valence-corrected chi connectivity index (χ2v) is 9.96. The van der Waals surface area contributed by atoms with Crippen molar-refractivity contribution in [3.05, 3.63) is 95.2 Å². The number of pyridine rings is 2. The Labute approximate surface area is 232 Å². The Kier molecular flexibility index (Phi) is 8.17. The first-order chi connectivity index (χ1) is 19.0. The van der Waals surface area contributed by atoms with Crippen molar-refractivity contribution in [3.8, 4) is 5.69 Å². The van der Waals surface area contributed by atoms with Crippen LogP contribution in [0.5, 0.6) is 0 Å². The standard InChI is InChI=1S/C29H30ClN7O2/c1-20-26(29(39)33-17-6-21-11-18-36(19-12-21)22-7-13-31-14-8-22)35-37(23-9-15-32-16-10-23)27(20)34-28(38)24-4-2-3-5-25(24)30/h2-5,7-10,13-16,21H,6,11-12,17-19H2,1H3,(H,33,39)(H,34,38). The summed E-state index contributed by atoms with van der Waals surface area (Å²) in [5, 5.41) is 10.9. The molecule has 10 heteroatoms. The Morgan fingerprint density at radius 2 is 1.56 bits per heavy atom. The SMILES string of the molecule is Cc1c(C(=O)NCCC2CCN(c3ccncc3)CC2)nn(-c2ccncc2)c1NC(=O)c1ccccc1Cl. The van der Waals surface area contributed by atoms with Crippen LogP contribution in [0, 0.1) is 12.8 Å². The third-order valence-electron chi connectivity index (χ3n) is 7.08. The molecule has 0 spiro atoms. The van der Waals surface area contributed by atoms with Gasteiger partial charge in [0.15, 0.2) is 5.69 Å². The minimum Gasteiger partial charge on any atom is -0.371 e. The molecule has 4 aromatic rings. The van der Waals surface area contributed by atoms with Crippen LogP contribution < -0.4 is 15.5 Å². The minimum absolute atomic E-state index is 0.258. The molecule has 1 aliphatic heterocycles. The lowest BCUT2D eigenvalue weighted by atomic mass is 9.93. The van der Waals surface area contributed by atoms with Gasteiger partial charge in [-0.1, -0.05) is 23.7 Å². The lowest BCUT2D eigenvalue weighted by molar-refractivity contribution is 0.0943. The van der Waals surface area contributed by atoms with Crippen molar-refractivity contribution in [1.29, 1.82) is 0 Å². The summed E-state index contributed by atoms with van der Waals surface area (Å²) in [5.41, 5.74) is 3.03. The van der Waals surface area contributed by atoms with Crippen LogP contribution >= 0.6 is 11.6 Å². The lowest BCUT2D eigenvalue weighted by Crippen LogP contribution is -2.35. The fourth-order valence-corrected chi connectivity index (χ4v) is 5.08. The topological polar surface area (TPSA) is 105 Å². The molecule has 0 saturated carbocycles. The van der Waals surface area contributed by atoms with E-state index in [9.17, 15) is 9.59 Å². The number of hydrogen-bond acceptors (Lipinski definition) is 6. The van der Waals surface area contributed by atoms with Crippen LogP contribution in [-0.4, -0.2) is 51.2 Å². The van der Waals surface area contributed by atoms with E-state index >= 15 is 0 Å². The third-order valence-corrected chi connectivity index (χ3v) is 7.41. The van der Waals surface area contributed by atoms with E-state index in [-0.39, 0.29) is 17.5 Å². The zero-order valence-corrected chi connectivity index (χ0v) is 22.4. The van der Waals surface area contributed by atoms with Gasteiger partial charge in [-0.25, -0.2) is 4.68 Å². The van der Waals surface area contributed by atoms with Gasteiger partial charge in [0.2, 0.25) is 0 Å². The van der Waals surface area contributed by atoms with Crippen molar-refractivity contribution >= 4 is 34.9 Å². The molecule has 0 aliphatic carbocycles. The maximum absolute atomic E-state index is 13.2. The molecule has 1 fully saturated rings. The zero-order chi connectivity index (χ0) is 27.2. The maximum atomic E-state index is 13.2. The highest BCUT2D eigenvalue weighted by Gasteiger charge is 2.24. The number of rotatable bonds is 8. The van der Waals surface area contributed by atoms with Gasteiger partial charge in [-0.05, 0) is 68.5 Å². The Morgan fingerprint density at radius 3 is 2.23 bits per heavy atom. The Hall–Kier alpha value is -4.24. The van der Waals surface area contributed by atoms with Crippen molar-refractivity contribution in [1.82, 2.24) is 25.1 Å². The number of piperidine rings is 1. The average molecular weight is 544 g/mol. The van der Waals surface area contributed by atoms with Crippen LogP contribution in [0.2, 0.25) is 5.02 Å². The highest BCUT2D eigenvalue weighted by Crippen LogP contribution is 2.26. The van der Waals surface area contributed by atoms with Crippen LogP contribution in [0.1, 0.15) is 45.7 Å². The molecule has 200 valence electrons. The molecular weight excluding hydrogens is 514 g/mol. The van der Waals surface area contributed by atoms with Crippen LogP contribution in [-0.2, 0) is 0 Å². The van der Waals surface area contributed by atoms with Gasteiger partial charge >= 0.3 is 0 Å². The fraction of sp³-hybridized carbons (Fsp3) is 0.276. The Morgan fingerprint density at radius 1 is 0.923 bits per heavy atom. The molecule has 2 amide bonds. The fourth-order valence-electron chi connectivity index (χ4n) is 4.86. The smallest absolute Gasteiger partial charge is 0.272 e. The van der Waals surface area contributed by atoms with Crippen LogP contribution in [0.25, 0.3) is 5.69 Å².